The SMILES string of the molecule is O=C(CCc1nc(-c2ccccc2Cl)no1)NCc1ccc(Cl)cc1. The molecule has 0 aliphatic carbocycles. The van der Waals surface area contributed by atoms with Crippen molar-refractivity contribution in [3.8, 4) is 11.4 Å². The van der Waals surface area contributed by atoms with E-state index < -0.39 is 0 Å². The molecule has 1 N–H and O–H groups in total. The van der Waals surface area contributed by atoms with Crippen LogP contribution in [0.15, 0.2) is 53.1 Å². The van der Waals surface area contributed by atoms with Gasteiger partial charge in [-0.1, -0.05) is 52.6 Å². The van der Waals surface area contributed by atoms with E-state index in [0.29, 0.717) is 40.3 Å². The Balaban J connectivity index is 1.51. The molecule has 0 unspecified atom stereocenters. The molecule has 0 saturated carbocycles. The molecule has 0 atom stereocenters. The van der Waals surface area contributed by atoms with Crippen LogP contribution in [0.25, 0.3) is 11.4 Å². The number of benzene rings is 2. The van der Waals surface area contributed by atoms with Gasteiger partial charge in [0.1, 0.15) is 0 Å². The fourth-order valence-corrected chi connectivity index (χ4v) is 2.57. The third-order valence-electron chi connectivity index (χ3n) is 3.55. The van der Waals surface area contributed by atoms with E-state index in [1.165, 1.54) is 0 Å². The van der Waals surface area contributed by atoms with E-state index in [4.69, 9.17) is 27.7 Å². The number of nitrogens with zero attached hydrogens (tertiary/aromatic N) is 2. The average molecular weight is 376 g/mol. The third-order valence-corrected chi connectivity index (χ3v) is 4.13. The van der Waals surface area contributed by atoms with Gasteiger partial charge in [0.2, 0.25) is 17.6 Å². The van der Waals surface area contributed by atoms with Crippen molar-refractivity contribution in [1.29, 1.82) is 0 Å². The number of amides is 1. The van der Waals surface area contributed by atoms with Gasteiger partial charge in [-0.15, -0.1) is 0 Å². The third kappa shape index (κ3) is 4.81. The van der Waals surface area contributed by atoms with Gasteiger partial charge in [-0.2, -0.15) is 4.98 Å². The lowest BCUT2D eigenvalue weighted by atomic mass is 10.2. The first-order chi connectivity index (χ1) is 12.1. The van der Waals surface area contributed by atoms with Crippen LogP contribution in [0.2, 0.25) is 10.0 Å². The Morgan fingerprint density at radius 3 is 2.60 bits per heavy atom. The molecular weight excluding hydrogens is 361 g/mol. The van der Waals surface area contributed by atoms with Crippen LogP contribution < -0.4 is 5.32 Å². The molecule has 1 aromatic heterocycles. The lowest BCUT2D eigenvalue weighted by molar-refractivity contribution is -0.121. The molecule has 0 aliphatic heterocycles. The van der Waals surface area contributed by atoms with Gasteiger partial charge in [0.05, 0.1) is 5.02 Å². The van der Waals surface area contributed by atoms with E-state index >= 15 is 0 Å². The Morgan fingerprint density at radius 2 is 1.84 bits per heavy atom. The van der Waals surface area contributed by atoms with Crippen molar-refractivity contribution < 1.29 is 9.32 Å². The first kappa shape index (κ1) is 17.5. The quantitative estimate of drug-likeness (QED) is 0.697. The van der Waals surface area contributed by atoms with Gasteiger partial charge in [-0.25, -0.2) is 0 Å². The summed E-state index contributed by atoms with van der Waals surface area (Å²) in [6, 6.07) is 14.6. The second kappa shape index (κ2) is 8.14. The lowest BCUT2D eigenvalue weighted by Gasteiger charge is -2.04. The van der Waals surface area contributed by atoms with Crippen molar-refractivity contribution in [2.45, 2.75) is 19.4 Å². The van der Waals surface area contributed by atoms with Gasteiger partial charge < -0.3 is 9.84 Å². The number of carbonyl (C=O) groups excluding carboxylic acids is 1. The maximum Gasteiger partial charge on any atom is 0.227 e. The van der Waals surface area contributed by atoms with Crippen molar-refractivity contribution in [2.24, 2.45) is 0 Å². The summed E-state index contributed by atoms with van der Waals surface area (Å²) in [5.41, 5.74) is 1.68. The maximum atomic E-state index is 11.9. The van der Waals surface area contributed by atoms with Crippen molar-refractivity contribution in [2.75, 3.05) is 0 Å². The summed E-state index contributed by atoms with van der Waals surface area (Å²) in [6.45, 7) is 0.449. The van der Waals surface area contributed by atoms with Gasteiger partial charge in [0.15, 0.2) is 0 Å². The van der Waals surface area contributed by atoms with E-state index in [1.54, 1.807) is 18.2 Å². The highest BCUT2D eigenvalue weighted by atomic mass is 35.5. The van der Waals surface area contributed by atoms with Crippen LogP contribution in [0.1, 0.15) is 17.9 Å². The molecule has 7 heteroatoms. The van der Waals surface area contributed by atoms with Crippen LogP contribution in [-0.2, 0) is 17.8 Å². The van der Waals surface area contributed by atoms with Gasteiger partial charge in [-0.3, -0.25) is 4.79 Å². The van der Waals surface area contributed by atoms with Crippen molar-refractivity contribution >= 4 is 29.1 Å². The number of hydrogen-bond donors (Lipinski definition) is 1. The molecule has 3 rings (SSSR count). The lowest BCUT2D eigenvalue weighted by Crippen LogP contribution is -2.23. The van der Waals surface area contributed by atoms with Crippen molar-refractivity contribution in [3.05, 3.63) is 70.0 Å². The van der Waals surface area contributed by atoms with Crippen molar-refractivity contribution in [3.63, 3.8) is 0 Å². The average Bonchev–Trinajstić information content (AvgIpc) is 3.08. The maximum absolute atomic E-state index is 11.9. The summed E-state index contributed by atoms with van der Waals surface area (Å²) in [4.78, 5) is 16.2. The summed E-state index contributed by atoms with van der Waals surface area (Å²) in [7, 11) is 0. The highest BCUT2D eigenvalue weighted by Crippen LogP contribution is 2.24. The Hall–Kier alpha value is -2.37. The first-order valence-corrected chi connectivity index (χ1v) is 8.46. The monoisotopic (exact) mass is 375 g/mol. The standard InChI is InChI=1S/C18H15Cl2N3O2/c19-13-7-5-12(6-8-13)11-21-16(24)9-10-17-22-18(23-25-17)14-3-1-2-4-15(14)20/h1-8H,9-11H2,(H,21,24). The highest BCUT2D eigenvalue weighted by Gasteiger charge is 2.12. The second-order valence-electron chi connectivity index (χ2n) is 5.39. The minimum atomic E-state index is -0.0903. The fourth-order valence-electron chi connectivity index (χ4n) is 2.22. The molecule has 0 spiro atoms. The molecular formula is C18H15Cl2N3O2. The molecule has 1 amide bonds. The molecule has 1 heterocycles. The molecule has 3 aromatic rings. The Kier molecular flexibility index (Phi) is 5.68. The van der Waals surface area contributed by atoms with E-state index in [2.05, 4.69) is 15.5 Å². The Bertz CT molecular complexity index is 863. The van der Waals surface area contributed by atoms with Crippen LogP contribution in [0.4, 0.5) is 0 Å². The summed E-state index contributed by atoms with van der Waals surface area (Å²) >= 11 is 11.9. The van der Waals surface area contributed by atoms with Crippen LogP contribution >= 0.6 is 23.2 Å². The molecule has 25 heavy (non-hydrogen) atoms. The smallest absolute Gasteiger partial charge is 0.227 e. The predicted octanol–water partition coefficient (Wildman–Crippen LogP) is 4.29. The molecule has 0 fully saturated rings. The molecule has 0 saturated heterocycles. The normalized spacial score (nSPS) is 10.6. The van der Waals surface area contributed by atoms with Crippen LogP contribution in [0, 0.1) is 0 Å². The van der Waals surface area contributed by atoms with Crippen LogP contribution in [0.3, 0.4) is 0 Å². The summed E-state index contributed by atoms with van der Waals surface area (Å²) in [5.74, 6) is 0.728. The number of nitrogens with one attached hydrogen (secondary N) is 1. The van der Waals surface area contributed by atoms with Crippen molar-refractivity contribution in [1.82, 2.24) is 15.5 Å². The van der Waals surface area contributed by atoms with E-state index in [0.717, 1.165) is 5.56 Å². The molecule has 0 radical (unpaired) electrons. The minimum absolute atomic E-state index is 0.0903. The summed E-state index contributed by atoms with van der Waals surface area (Å²) < 4.78 is 5.19. The van der Waals surface area contributed by atoms with Gasteiger partial charge >= 0.3 is 0 Å². The van der Waals surface area contributed by atoms with E-state index in [1.807, 2.05) is 30.3 Å². The van der Waals surface area contributed by atoms with Gasteiger partial charge in [-0.05, 0) is 29.8 Å². The number of aromatic nitrogens is 2. The summed E-state index contributed by atoms with van der Waals surface area (Å²) in [6.07, 6.45) is 0.627. The zero-order valence-electron chi connectivity index (χ0n) is 13.2. The molecule has 0 bridgehead atoms. The van der Waals surface area contributed by atoms with Gasteiger partial charge in [0, 0.05) is 30.0 Å². The highest BCUT2D eigenvalue weighted by molar-refractivity contribution is 6.33. The minimum Gasteiger partial charge on any atom is -0.352 e. The van der Waals surface area contributed by atoms with E-state index in [-0.39, 0.29) is 12.3 Å². The molecule has 0 aliphatic rings. The van der Waals surface area contributed by atoms with E-state index in [9.17, 15) is 4.79 Å². The molecule has 5 nitrogen and oxygen atoms in total. The van der Waals surface area contributed by atoms with Crippen LogP contribution in [0.5, 0.6) is 0 Å². The predicted molar refractivity (Wildman–Crippen MR) is 96.4 cm³/mol. The number of rotatable bonds is 6. The summed E-state index contributed by atoms with van der Waals surface area (Å²) in [5, 5.41) is 7.97. The number of halogens is 2. The topological polar surface area (TPSA) is 68.0 Å². The Labute approximate surface area is 155 Å². The molecule has 128 valence electrons. The largest absolute Gasteiger partial charge is 0.352 e. The first-order valence-electron chi connectivity index (χ1n) is 7.70. The molecule has 2 aromatic carbocycles. The zero-order chi connectivity index (χ0) is 17.6. The van der Waals surface area contributed by atoms with Crippen LogP contribution in [-0.4, -0.2) is 16.0 Å². The zero-order valence-corrected chi connectivity index (χ0v) is 14.7. The van der Waals surface area contributed by atoms with Gasteiger partial charge in [0.25, 0.3) is 0 Å². The number of carbonyl (C=O) groups is 1. The number of aryl methyl sites for hydroxylation is 1. The Morgan fingerprint density at radius 1 is 1.08 bits per heavy atom. The number of hydrogen-bond acceptors (Lipinski definition) is 4. The fraction of sp³-hybridized carbons (Fsp3) is 0.167. The second-order valence-corrected chi connectivity index (χ2v) is 6.24.